The number of guanidine groups is 1. The Labute approximate surface area is 126 Å². The molecule has 1 aliphatic heterocycles. The number of thioether (sulfide) groups is 1. The van der Waals surface area contributed by atoms with Crippen molar-refractivity contribution in [1.82, 2.24) is 14.9 Å². The average molecular weight is 323 g/mol. The highest BCUT2D eigenvalue weighted by Gasteiger charge is 2.23. The van der Waals surface area contributed by atoms with Gasteiger partial charge in [0.05, 0.1) is 12.3 Å². The number of nitrogens with one attached hydrogen (secondary N) is 2. The van der Waals surface area contributed by atoms with Crippen molar-refractivity contribution in [2.45, 2.75) is 26.8 Å². The minimum atomic E-state index is -3.17. The first kappa shape index (κ1) is 17.6. The summed E-state index contributed by atoms with van der Waals surface area (Å²) in [5.41, 5.74) is 0. The maximum Gasteiger partial charge on any atom is 0.215 e. The van der Waals surface area contributed by atoms with Crippen molar-refractivity contribution >= 4 is 27.7 Å². The monoisotopic (exact) mass is 322 g/mol. The molecule has 0 aliphatic carbocycles. The average Bonchev–Trinajstić information content (AvgIpc) is 2.39. The lowest BCUT2D eigenvalue weighted by molar-refractivity contribution is 0.444. The third-order valence-corrected chi connectivity index (χ3v) is 5.55. The molecule has 1 rings (SSSR count). The van der Waals surface area contributed by atoms with Crippen LogP contribution in [0.4, 0.5) is 0 Å². The second-order valence-electron chi connectivity index (χ2n) is 4.89. The molecule has 0 radical (unpaired) electrons. The summed E-state index contributed by atoms with van der Waals surface area (Å²) in [6.07, 6.45) is 0. The van der Waals surface area contributed by atoms with Gasteiger partial charge in [-0.1, -0.05) is 0 Å². The predicted molar refractivity (Wildman–Crippen MR) is 86.9 cm³/mol. The van der Waals surface area contributed by atoms with Gasteiger partial charge in [0.2, 0.25) is 10.0 Å². The number of aliphatic imine (C=N–C) groups is 1. The van der Waals surface area contributed by atoms with E-state index in [1.807, 2.05) is 20.8 Å². The summed E-state index contributed by atoms with van der Waals surface area (Å²) in [4.78, 5) is 4.32. The number of hydrogen-bond donors (Lipinski definition) is 2. The lowest BCUT2D eigenvalue weighted by Crippen LogP contribution is -2.42. The molecule has 1 fully saturated rings. The van der Waals surface area contributed by atoms with Crippen molar-refractivity contribution in [3.63, 3.8) is 0 Å². The lowest BCUT2D eigenvalue weighted by Gasteiger charge is -2.25. The fourth-order valence-corrected chi connectivity index (χ4v) is 4.27. The van der Waals surface area contributed by atoms with Gasteiger partial charge in [0.1, 0.15) is 0 Å². The van der Waals surface area contributed by atoms with E-state index in [4.69, 9.17) is 0 Å². The minimum Gasteiger partial charge on any atom is -0.357 e. The van der Waals surface area contributed by atoms with Crippen LogP contribution in [-0.4, -0.2) is 68.2 Å². The maximum atomic E-state index is 12.2. The maximum absolute atomic E-state index is 12.2. The molecule has 0 bridgehead atoms. The van der Waals surface area contributed by atoms with Crippen LogP contribution in [0.1, 0.15) is 20.8 Å². The Morgan fingerprint density at radius 2 is 2.00 bits per heavy atom. The summed E-state index contributed by atoms with van der Waals surface area (Å²) in [5, 5.41) is 6.28. The van der Waals surface area contributed by atoms with Gasteiger partial charge in [-0.15, -0.1) is 0 Å². The first-order valence-electron chi connectivity index (χ1n) is 7.06. The zero-order chi connectivity index (χ0) is 15.0. The zero-order valence-corrected chi connectivity index (χ0v) is 14.2. The molecule has 1 saturated heterocycles. The molecule has 1 heterocycles. The van der Waals surface area contributed by atoms with Crippen LogP contribution in [0.15, 0.2) is 4.99 Å². The second-order valence-corrected chi connectivity index (χ2v) is 8.20. The van der Waals surface area contributed by atoms with Crippen LogP contribution >= 0.6 is 11.8 Å². The Morgan fingerprint density at radius 1 is 1.35 bits per heavy atom. The van der Waals surface area contributed by atoms with E-state index in [1.54, 1.807) is 16.1 Å². The topological polar surface area (TPSA) is 73.8 Å². The van der Waals surface area contributed by atoms with Gasteiger partial charge in [0, 0.05) is 37.2 Å². The molecule has 0 saturated carbocycles. The van der Waals surface area contributed by atoms with E-state index in [2.05, 4.69) is 15.6 Å². The van der Waals surface area contributed by atoms with Gasteiger partial charge in [-0.3, -0.25) is 4.99 Å². The molecule has 8 heteroatoms. The number of hydrogen-bond acceptors (Lipinski definition) is 4. The molecule has 118 valence electrons. The van der Waals surface area contributed by atoms with Crippen molar-refractivity contribution in [3.05, 3.63) is 0 Å². The SMILES string of the molecule is CCNC(=NCCS(=O)(=O)N1CCSCC1)NC(C)C. The zero-order valence-electron chi connectivity index (χ0n) is 12.6. The molecule has 1 aliphatic rings. The van der Waals surface area contributed by atoms with Gasteiger partial charge in [-0.25, -0.2) is 12.7 Å². The molecule has 6 nitrogen and oxygen atoms in total. The first-order chi connectivity index (χ1) is 9.45. The Hall–Kier alpha value is -0.470. The van der Waals surface area contributed by atoms with Crippen molar-refractivity contribution in [2.24, 2.45) is 4.99 Å². The lowest BCUT2D eigenvalue weighted by atomic mass is 10.4. The number of sulfonamides is 1. The molecule has 2 N–H and O–H groups in total. The van der Waals surface area contributed by atoms with Crippen molar-refractivity contribution in [3.8, 4) is 0 Å². The van der Waals surface area contributed by atoms with E-state index in [-0.39, 0.29) is 18.3 Å². The summed E-state index contributed by atoms with van der Waals surface area (Å²) in [5.74, 6) is 2.53. The predicted octanol–water partition coefficient (Wildman–Crippen LogP) is 0.329. The second kappa shape index (κ2) is 8.74. The molecular formula is C12H26N4O2S2. The van der Waals surface area contributed by atoms with Crippen LogP contribution in [-0.2, 0) is 10.0 Å². The third kappa shape index (κ3) is 6.32. The van der Waals surface area contributed by atoms with E-state index in [0.717, 1.165) is 18.1 Å². The molecule has 0 aromatic carbocycles. The molecule has 0 aromatic heterocycles. The summed E-state index contributed by atoms with van der Waals surface area (Å²) in [6.45, 7) is 8.33. The normalized spacial score (nSPS) is 18.3. The summed E-state index contributed by atoms with van der Waals surface area (Å²) in [7, 11) is -3.17. The highest BCUT2D eigenvalue weighted by atomic mass is 32.2. The molecule has 20 heavy (non-hydrogen) atoms. The Morgan fingerprint density at radius 3 is 2.55 bits per heavy atom. The molecule has 0 amide bonds. The van der Waals surface area contributed by atoms with Crippen LogP contribution in [0.2, 0.25) is 0 Å². The summed E-state index contributed by atoms with van der Waals surface area (Å²) >= 11 is 1.80. The molecule has 0 unspecified atom stereocenters. The number of rotatable bonds is 6. The van der Waals surface area contributed by atoms with Crippen molar-refractivity contribution in [1.29, 1.82) is 0 Å². The largest absolute Gasteiger partial charge is 0.357 e. The molecule has 0 spiro atoms. The fraction of sp³-hybridized carbons (Fsp3) is 0.917. The Kier molecular flexibility index (Phi) is 7.68. The highest BCUT2D eigenvalue weighted by molar-refractivity contribution is 7.99. The van der Waals surface area contributed by atoms with E-state index in [1.165, 1.54) is 0 Å². The van der Waals surface area contributed by atoms with Gasteiger partial charge in [-0.05, 0) is 20.8 Å². The van der Waals surface area contributed by atoms with Crippen molar-refractivity contribution < 1.29 is 8.42 Å². The van der Waals surface area contributed by atoms with Gasteiger partial charge in [0.15, 0.2) is 5.96 Å². The summed E-state index contributed by atoms with van der Waals surface area (Å²) in [6, 6.07) is 0.267. The fourth-order valence-electron chi connectivity index (χ4n) is 1.82. The quantitative estimate of drug-likeness (QED) is 0.544. The van der Waals surface area contributed by atoms with Gasteiger partial charge in [0.25, 0.3) is 0 Å². The van der Waals surface area contributed by atoms with Crippen molar-refractivity contribution in [2.75, 3.05) is 43.4 Å². The first-order valence-corrected chi connectivity index (χ1v) is 9.82. The van der Waals surface area contributed by atoms with Crippen LogP contribution in [0.25, 0.3) is 0 Å². The molecule has 0 aromatic rings. The summed E-state index contributed by atoms with van der Waals surface area (Å²) < 4.78 is 25.9. The standard InChI is InChI=1S/C12H26N4O2S2/c1-4-13-12(15-11(2)3)14-5-10-20(17,18)16-6-8-19-9-7-16/h11H,4-10H2,1-3H3,(H2,13,14,15). The molecule has 0 atom stereocenters. The van der Waals surface area contributed by atoms with Crippen LogP contribution in [0.5, 0.6) is 0 Å². The Bertz CT molecular complexity index is 404. The molecular weight excluding hydrogens is 296 g/mol. The third-order valence-electron chi connectivity index (χ3n) is 2.75. The van der Waals surface area contributed by atoms with E-state index in [0.29, 0.717) is 19.0 Å². The van der Waals surface area contributed by atoms with E-state index in [9.17, 15) is 8.42 Å². The van der Waals surface area contributed by atoms with Gasteiger partial charge < -0.3 is 10.6 Å². The van der Waals surface area contributed by atoms with Gasteiger partial charge >= 0.3 is 0 Å². The minimum absolute atomic E-state index is 0.0757. The Balaban J connectivity index is 2.50. The van der Waals surface area contributed by atoms with Gasteiger partial charge in [-0.2, -0.15) is 11.8 Å². The highest BCUT2D eigenvalue weighted by Crippen LogP contribution is 2.13. The van der Waals surface area contributed by atoms with Crippen LogP contribution in [0.3, 0.4) is 0 Å². The van der Waals surface area contributed by atoms with Crippen LogP contribution < -0.4 is 10.6 Å². The van der Waals surface area contributed by atoms with E-state index < -0.39 is 10.0 Å². The van der Waals surface area contributed by atoms with Crippen LogP contribution in [0, 0.1) is 0 Å². The number of nitrogens with zero attached hydrogens (tertiary/aromatic N) is 2. The smallest absolute Gasteiger partial charge is 0.215 e. The van der Waals surface area contributed by atoms with E-state index >= 15 is 0 Å².